The first-order chi connectivity index (χ1) is 9.49. The fourth-order valence-electron chi connectivity index (χ4n) is 1.81. The van der Waals surface area contributed by atoms with E-state index in [1.54, 1.807) is 18.2 Å². The number of nitrogens with zero attached hydrogens (tertiary/aromatic N) is 2. The Labute approximate surface area is 120 Å². The molecule has 2 rings (SSSR count). The van der Waals surface area contributed by atoms with Gasteiger partial charge in [0.15, 0.2) is 0 Å². The minimum atomic E-state index is -1.13. The number of aliphatic hydroxyl groups excluding tert-OH is 2. The van der Waals surface area contributed by atoms with Crippen LogP contribution in [0.25, 0.3) is 10.9 Å². The average molecular weight is 296 g/mol. The van der Waals surface area contributed by atoms with E-state index in [0.717, 1.165) is 0 Å². The summed E-state index contributed by atoms with van der Waals surface area (Å²) in [6.45, 7) is 1.31. The van der Waals surface area contributed by atoms with Gasteiger partial charge < -0.3 is 15.5 Å². The predicted molar refractivity (Wildman–Crippen MR) is 74.2 cm³/mol. The maximum absolute atomic E-state index is 10.8. The van der Waals surface area contributed by atoms with Gasteiger partial charge in [-0.3, -0.25) is 4.79 Å². The maximum Gasteiger partial charge on any atom is 0.216 e. The van der Waals surface area contributed by atoms with Crippen molar-refractivity contribution >= 4 is 28.4 Å². The highest BCUT2D eigenvalue weighted by atomic mass is 35.5. The minimum absolute atomic E-state index is 0.0287. The van der Waals surface area contributed by atoms with E-state index in [2.05, 4.69) is 15.3 Å². The Balaban J connectivity index is 2.22. The van der Waals surface area contributed by atoms with Crippen molar-refractivity contribution in [1.29, 1.82) is 0 Å². The van der Waals surface area contributed by atoms with E-state index in [0.29, 0.717) is 21.6 Å². The lowest BCUT2D eigenvalue weighted by Gasteiger charge is -2.18. The van der Waals surface area contributed by atoms with Gasteiger partial charge >= 0.3 is 0 Å². The summed E-state index contributed by atoms with van der Waals surface area (Å²) in [7, 11) is 0. The SMILES string of the molecule is CC(=O)NCC(O)C(O)c1ccc2c(Cl)ncnc2c1. The molecule has 1 amide bonds. The number of aliphatic hydroxyl groups is 2. The number of fused-ring (bicyclic) bond motifs is 1. The Kier molecular flexibility index (Phi) is 4.49. The zero-order valence-electron chi connectivity index (χ0n) is 10.7. The molecule has 106 valence electrons. The fraction of sp³-hybridized carbons (Fsp3) is 0.308. The molecule has 2 atom stereocenters. The van der Waals surface area contributed by atoms with Crippen molar-refractivity contribution in [2.45, 2.75) is 19.1 Å². The largest absolute Gasteiger partial charge is 0.388 e. The number of carbonyl (C=O) groups excluding carboxylic acids is 1. The molecule has 2 unspecified atom stereocenters. The van der Waals surface area contributed by atoms with Gasteiger partial charge in [-0.25, -0.2) is 9.97 Å². The Morgan fingerprint density at radius 2 is 2.15 bits per heavy atom. The normalized spacial score (nSPS) is 14.0. The Morgan fingerprint density at radius 1 is 1.40 bits per heavy atom. The molecule has 7 heteroatoms. The molecule has 0 spiro atoms. The molecule has 0 aliphatic carbocycles. The number of rotatable bonds is 4. The molecule has 20 heavy (non-hydrogen) atoms. The third kappa shape index (κ3) is 3.22. The molecule has 1 aromatic carbocycles. The number of benzene rings is 1. The Morgan fingerprint density at radius 3 is 2.85 bits per heavy atom. The summed E-state index contributed by atoms with van der Waals surface area (Å²) < 4.78 is 0. The zero-order chi connectivity index (χ0) is 14.7. The molecule has 0 bridgehead atoms. The zero-order valence-corrected chi connectivity index (χ0v) is 11.5. The molecule has 0 aliphatic heterocycles. The predicted octanol–water partition coefficient (Wildman–Crippen LogP) is 0.814. The van der Waals surface area contributed by atoms with Crippen LogP contribution in [0.4, 0.5) is 0 Å². The highest BCUT2D eigenvalue weighted by molar-refractivity contribution is 6.34. The standard InChI is InChI=1S/C13H14ClN3O3/c1-7(18)15-5-11(19)12(20)8-2-3-9-10(4-8)16-6-17-13(9)14/h2-4,6,11-12,19-20H,5H2,1H3,(H,15,18). The summed E-state index contributed by atoms with van der Waals surface area (Å²) in [5, 5.41) is 23.3. The molecule has 6 nitrogen and oxygen atoms in total. The highest BCUT2D eigenvalue weighted by Crippen LogP contribution is 2.24. The van der Waals surface area contributed by atoms with Gasteiger partial charge in [0.1, 0.15) is 23.7 Å². The van der Waals surface area contributed by atoms with Crippen molar-refractivity contribution in [1.82, 2.24) is 15.3 Å². The number of amides is 1. The molecule has 0 aliphatic rings. The van der Waals surface area contributed by atoms with Gasteiger partial charge in [-0.15, -0.1) is 0 Å². The van der Waals surface area contributed by atoms with Crippen LogP contribution in [0.1, 0.15) is 18.6 Å². The summed E-state index contributed by atoms with van der Waals surface area (Å²) in [6, 6.07) is 4.95. The summed E-state index contributed by atoms with van der Waals surface area (Å²) in [4.78, 5) is 18.7. The van der Waals surface area contributed by atoms with Crippen LogP contribution in [0.3, 0.4) is 0 Å². The number of aromatic nitrogens is 2. The van der Waals surface area contributed by atoms with Crippen LogP contribution in [-0.2, 0) is 4.79 Å². The second kappa shape index (κ2) is 6.13. The molecule has 3 N–H and O–H groups in total. The summed E-state index contributed by atoms with van der Waals surface area (Å²) >= 11 is 5.93. The molecule has 0 fully saturated rings. The number of halogens is 1. The Hall–Kier alpha value is -1.76. The van der Waals surface area contributed by atoms with Gasteiger partial charge in [-0.2, -0.15) is 0 Å². The number of hydrogen-bond donors (Lipinski definition) is 3. The van der Waals surface area contributed by atoms with E-state index in [1.165, 1.54) is 13.3 Å². The van der Waals surface area contributed by atoms with Crippen LogP contribution in [0.2, 0.25) is 5.15 Å². The van der Waals surface area contributed by atoms with E-state index in [1.807, 2.05) is 0 Å². The van der Waals surface area contributed by atoms with Gasteiger partial charge in [0.25, 0.3) is 0 Å². The second-order valence-corrected chi connectivity index (χ2v) is 4.75. The third-order valence-corrected chi connectivity index (χ3v) is 3.18. The van der Waals surface area contributed by atoms with Gasteiger partial charge in [0.05, 0.1) is 5.52 Å². The van der Waals surface area contributed by atoms with Crippen molar-refractivity contribution in [2.24, 2.45) is 0 Å². The van der Waals surface area contributed by atoms with Crippen molar-refractivity contribution < 1.29 is 15.0 Å². The number of carbonyl (C=O) groups is 1. The highest BCUT2D eigenvalue weighted by Gasteiger charge is 2.19. The van der Waals surface area contributed by atoms with E-state index < -0.39 is 12.2 Å². The average Bonchev–Trinajstić information content (AvgIpc) is 2.43. The van der Waals surface area contributed by atoms with Crippen LogP contribution in [0.15, 0.2) is 24.5 Å². The van der Waals surface area contributed by atoms with Crippen LogP contribution < -0.4 is 5.32 Å². The summed E-state index contributed by atoms with van der Waals surface area (Å²) in [6.07, 6.45) is -0.900. The second-order valence-electron chi connectivity index (χ2n) is 4.39. The number of nitrogens with one attached hydrogen (secondary N) is 1. The smallest absolute Gasteiger partial charge is 0.216 e. The Bertz CT molecular complexity index is 635. The molecule has 0 radical (unpaired) electrons. The van der Waals surface area contributed by atoms with E-state index in [9.17, 15) is 15.0 Å². The first kappa shape index (κ1) is 14.6. The molecule has 1 heterocycles. The van der Waals surface area contributed by atoms with Gasteiger partial charge in [-0.05, 0) is 17.7 Å². The van der Waals surface area contributed by atoms with Crippen LogP contribution >= 0.6 is 11.6 Å². The fourth-order valence-corrected chi connectivity index (χ4v) is 2.01. The van der Waals surface area contributed by atoms with E-state index >= 15 is 0 Å². The van der Waals surface area contributed by atoms with Crippen LogP contribution in [0.5, 0.6) is 0 Å². The lowest BCUT2D eigenvalue weighted by atomic mass is 10.0. The maximum atomic E-state index is 10.8. The topological polar surface area (TPSA) is 95.3 Å². The molecule has 2 aromatic rings. The molecular weight excluding hydrogens is 282 g/mol. The summed E-state index contributed by atoms with van der Waals surface area (Å²) in [5.41, 5.74) is 1.07. The molecule has 0 saturated heterocycles. The first-order valence-corrected chi connectivity index (χ1v) is 6.37. The van der Waals surface area contributed by atoms with Crippen molar-refractivity contribution in [3.05, 3.63) is 35.2 Å². The van der Waals surface area contributed by atoms with Crippen molar-refractivity contribution in [3.63, 3.8) is 0 Å². The number of hydrogen-bond acceptors (Lipinski definition) is 5. The summed E-state index contributed by atoms with van der Waals surface area (Å²) in [5.74, 6) is -0.269. The lowest BCUT2D eigenvalue weighted by molar-refractivity contribution is -0.119. The lowest BCUT2D eigenvalue weighted by Crippen LogP contribution is -2.34. The third-order valence-electron chi connectivity index (χ3n) is 2.88. The molecule has 0 saturated carbocycles. The van der Waals surface area contributed by atoms with Crippen LogP contribution in [0, 0.1) is 0 Å². The van der Waals surface area contributed by atoms with Gasteiger partial charge in [0.2, 0.25) is 5.91 Å². The van der Waals surface area contributed by atoms with E-state index in [-0.39, 0.29) is 12.5 Å². The molecule has 1 aromatic heterocycles. The van der Waals surface area contributed by atoms with Crippen molar-refractivity contribution in [3.8, 4) is 0 Å². The monoisotopic (exact) mass is 295 g/mol. The molecular formula is C13H14ClN3O3. The minimum Gasteiger partial charge on any atom is -0.388 e. The van der Waals surface area contributed by atoms with Crippen LogP contribution in [-0.4, -0.2) is 38.7 Å². The van der Waals surface area contributed by atoms with Gasteiger partial charge in [0, 0.05) is 18.9 Å². The quantitative estimate of drug-likeness (QED) is 0.726. The van der Waals surface area contributed by atoms with Crippen molar-refractivity contribution in [2.75, 3.05) is 6.54 Å². The first-order valence-electron chi connectivity index (χ1n) is 5.99. The van der Waals surface area contributed by atoms with E-state index in [4.69, 9.17) is 11.6 Å². The van der Waals surface area contributed by atoms with Gasteiger partial charge in [-0.1, -0.05) is 17.7 Å².